The summed E-state index contributed by atoms with van der Waals surface area (Å²) in [6.45, 7) is 27.7. The maximum atomic E-state index is 13.1. The lowest BCUT2D eigenvalue weighted by molar-refractivity contribution is -0.130. The molecule has 8 nitrogen and oxygen atoms in total. The van der Waals surface area contributed by atoms with E-state index in [1.807, 2.05) is 69.2 Å². The summed E-state index contributed by atoms with van der Waals surface area (Å²) in [6, 6.07) is 3.94. The summed E-state index contributed by atoms with van der Waals surface area (Å²) in [5.41, 5.74) is 1.21. The van der Waals surface area contributed by atoms with Crippen LogP contribution in [0.4, 0.5) is 10.1 Å². The maximum absolute atomic E-state index is 13.1. The molecular formula is C34H68FN3O5. The Morgan fingerprint density at radius 2 is 1.47 bits per heavy atom. The molecule has 0 spiro atoms. The number of methoxy groups -OCH3 is 1. The Labute approximate surface area is 264 Å². The minimum absolute atomic E-state index is 0.0243. The van der Waals surface area contributed by atoms with Gasteiger partial charge in [-0.3, -0.25) is 14.4 Å². The van der Waals surface area contributed by atoms with Crippen molar-refractivity contribution in [2.45, 2.75) is 116 Å². The maximum Gasteiger partial charge on any atom is 0.243 e. The standard InChI is InChI=1S/C13H18FNO.C11H22N2O3.C4H10.C2H6O.2C2H6/c1-5-9(2)13(16)15(4)12-8-11(14)7-6-10(12)3;1-8(15)13-9(11(2,3)4)10(16)12-6-5-7-14;1-4(2)3;1-3-2;2*1-2/h6-9H,5H2,1-4H3;9,14H,5-7H2,1-4H3,(H,12,16)(H,13,15);4H,1-3H3;1-2H3;2*1-2H3/t;9-;;;;/m.1..../s1. The number of anilines is 1. The third-order valence-corrected chi connectivity index (χ3v) is 5.01. The van der Waals surface area contributed by atoms with Crippen LogP contribution < -0.4 is 15.5 Å². The molecule has 1 aromatic carbocycles. The summed E-state index contributed by atoms with van der Waals surface area (Å²) in [5, 5.41) is 13.9. The summed E-state index contributed by atoms with van der Waals surface area (Å²) in [5.74, 6) is 0.0710. The number of aliphatic hydroxyl groups excluding tert-OH is 1. The van der Waals surface area contributed by atoms with E-state index in [-0.39, 0.29) is 41.5 Å². The Bertz CT molecular complexity index is 824. The highest BCUT2D eigenvalue weighted by molar-refractivity contribution is 5.95. The molecule has 0 bridgehead atoms. The number of aliphatic hydroxyl groups is 1. The smallest absolute Gasteiger partial charge is 0.243 e. The van der Waals surface area contributed by atoms with Crippen LogP contribution in [0.25, 0.3) is 0 Å². The molecular weight excluding hydrogens is 549 g/mol. The molecule has 1 aromatic rings. The summed E-state index contributed by atoms with van der Waals surface area (Å²) >= 11 is 0. The van der Waals surface area contributed by atoms with E-state index in [0.717, 1.165) is 17.9 Å². The largest absolute Gasteiger partial charge is 0.396 e. The quantitative estimate of drug-likeness (QED) is 0.268. The minimum Gasteiger partial charge on any atom is -0.396 e. The van der Waals surface area contributed by atoms with Gasteiger partial charge < -0.3 is 25.4 Å². The number of hydrogen-bond acceptors (Lipinski definition) is 5. The van der Waals surface area contributed by atoms with Crippen molar-refractivity contribution in [3.8, 4) is 0 Å². The molecule has 0 aromatic heterocycles. The average molecular weight is 618 g/mol. The van der Waals surface area contributed by atoms with Gasteiger partial charge in [0.2, 0.25) is 17.7 Å². The van der Waals surface area contributed by atoms with Crippen molar-refractivity contribution in [2.24, 2.45) is 17.3 Å². The highest BCUT2D eigenvalue weighted by Gasteiger charge is 2.31. The summed E-state index contributed by atoms with van der Waals surface area (Å²) in [4.78, 5) is 36.3. The van der Waals surface area contributed by atoms with Crippen LogP contribution in [0.15, 0.2) is 18.2 Å². The van der Waals surface area contributed by atoms with Gasteiger partial charge in [0.25, 0.3) is 0 Å². The van der Waals surface area contributed by atoms with Crippen molar-refractivity contribution in [1.82, 2.24) is 10.6 Å². The van der Waals surface area contributed by atoms with Crippen molar-refractivity contribution in [3.63, 3.8) is 0 Å². The van der Waals surface area contributed by atoms with Crippen LogP contribution in [0.2, 0.25) is 0 Å². The van der Waals surface area contributed by atoms with Gasteiger partial charge in [-0.2, -0.15) is 0 Å². The lowest BCUT2D eigenvalue weighted by Crippen LogP contribution is -2.53. The number of carbonyl (C=O) groups is 3. The molecule has 0 aliphatic heterocycles. The highest BCUT2D eigenvalue weighted by atomic mass is 19.1. The van der Waals surface area contributed by atoms with Crippen LogP contribution in [0.3, 0.4) is 0 Å². The number of nitrogens with one attached hydrogen (secondary N) is 2. The van der Waals surface area contributed by atoms with Crippen LogP contribution in [-0.4, -0.2) is 63.3 Å². The number of halogens is 1. The zero-order valence-electron chi connectivity index (χ0n) is 30.7. The van der Waals surface area contributed by atoms with E-state index in [4.69, 9.17) is 5.11 Å². The molecule has 2 atom stereocenters. The third-order valence-electron chi connectivity index (χ3n) is 5.01. The van der Waals surface area contributed by atoms with Crippen LogP contribution in [0.1, 0.15) is 108 Å². The van der Waals surface area contributed by atoms with Gasteiger partial charge in [-0.25, -0.2) is 4.39 Å². The zero-order chi connectivity index (χ0) is 35.3. The first-order valence-electron chi connectivity index (χ1n) is 15.5. The normalized spacial score (nSPS) is 11.0. The highest BCUT2D eigenvalue weighted by Crippen LogP contribution is 2.22. The molecule has 0 aliphatic rings. The van der Waals surface area contributed by atoms with Gasteiger partial charge in [0, 0.05) is 52.9 Å². The van der Waals surface area contributed by atoms with Crippen molar-refractivity contribution in [2.75, 3.05) is 39.3 Å². The first-order chi connectivity index (χ1) is 19.9. The Morgan fingerprint density at radius 3 is 1.81 bits per heavy atom. The van der Waals surface area contributed by atoms with Gasteiger partial charge in [0.15, 0.2) is 0 Å². The molecule has 0 heterocycles. The number of hydrogen-bond donors (Lipinski definition) is 3. The number of aryl methyl sites for hydroxylation is 1. The molecule has 256 valence electrons. The van der Waals surface area contributed by atoms with Crippen LogP contribution >= 0.6 is 0 Å². The van der Waals surface area contributed by atoms with Gasteiger partial charge in [-0.1, -0.05) is 89.2 Å². The lowest BCUT2D eigenvalue weighted by Gasteiger charge is -2.29. The molecule has 0 radical (unpaired) electrons. The van der Waals surface area contributed by atoms with Gasteiger partial charge in [-0.05, 0) is 48.8 Å². The van der Waals surface area contributed by atoms with E-state index in [1.165, 1.54) is 24.0 Å². The monoisotopic (exact) mass is 618 g/mol. The van der Waals surface area contributed by atoms with Gasteiger partial charge in [0.1, 0.15) is 11.9 Å². The second-order valence-electron chi connectivity index (χ2n) is 11.1. The third kappa shape index (κ3) is 29.3. The van der Waals surface area contributed by atoms with E-state index in [0.29, 0.717) is 18.7 Å². The van der Waals surface area contributed by atoms with E-state index in [2.05, 4.69) is 36.1 Å². The molecule has 0 aliphatic carbocycles. The van der Waals surface area contributed by atoms with E-state index in [9.17, 15) is 18.8 Å². The van der Waals surface area contributed by atoms with Crippen LogP contribution in [0.5, 0.6) is 0 Å². The molecule has 0 fully saturated rings. The van der Waals surface area contributed by atoms with Crippen LogP contribution in [0, 0.1) is 30.0 Å². The van der Waals surface area contributed by atoms with Crippen molar-refractivity contribution >= 4 is 23.4 Å². The Morgan fingerprint density at radius 1 is 1.02 bits per heavy atom. The molecule has 1 rings (SSSR count). The van der Waals surface area contributed by atoms with Crippen molar-refractivity contribution < 1.29 is 28.6 Å². The van der Waals surface area contributed by atoms with Gasteiger partial charge >= 0.3 is 0 Å². The Hall–Kier alpha value is -2.52. The molecule has 1 unspecified atom stereocenters. The van der Waals surface area contributed by atoms with Crippen molar-refractivity contribution in [1.29, 1.82) is 0 Å². The van der Waals surface area contributed by atoms with Crippen LogP contribution in [-0.2, 0) is 19.1 Å². The average Bonchev–Trinajstić information content (AvgIpc) is 2.94. The SMILES string of the molecule is CC.CC.CC(=O)N[C@H](C(=O)NCCCO)C(C)(C)C.CC(C)C.CCC(C)C(=O)N(C)c1cc(F)ccc1C.COC. The predicted molar refractivity (Wildman–Crippen MR) is 182 cm³/mol. The topological polar surface area (TPSA) is 108 Å². The number of carbonyl (C=O) groups excluding carboxylic acids is 3. The summed E-state index contributed by atoms with van der Waals surface area (Å²) in [7, 11) is 4.94. The Kier molecular flexibility index (Phi) is 36.0. The van der Waals surface area contributed by atoms with E-state index in [1.54, 1.807) is 27.3 Å². The first kappa shape index (κ1) is 50.1. The molecule has 0 saturated heterocycles. The molecule has 3 amide bonds. The summed E-state index contributed by atoms with van der Waals surface area (Å²) in [6.07, 6.45) is 1.31. The fourth-order valence-corrected chi connectivity index (χ4v) is 2.84. The first-order valence-corrected chi connectivity index (χ1v) is 15.5. The number of nitrogens with zero attached hydrogens (tertiary/aromatic N) is 1. The fourth-order valence-electron chi connectivity index (χ4n) is 2.84. The second kappa shape index (κ2) is 30.9. The fraction of sp³-hybridized carbons (Fsp3) is 0.735. The van der Waals surface area contributed by atoms with Crippen molar-refractivity contribution in [3.05, 3.63) is 29.6 Å². The number of rotatable bonds is 8. The predicted octanol–water partition coefficient (Wildman–Crippen LogP) is 7.16. The second-order valence-corrected chi connectivity index (χ2v) is 11.1. The molecule has 3 N–H and O–H groups in total. The molecule has 9 heteroatoms. The number of ether oxygens (including phenoxy) is 1. The van der Waals surface area contributed by atoms with E-state index >= 15 is 0 Å². The number of benzene rings is 1. The zero-order valence-corrected chi connectivity index (χ0v) is 30.7. The molecule has 0 saturated carbocycles. The Balaban J connectivity index is -0.000000168. The van der Waals surface area contributed by atoms with Gasteiger partial charge in [-0.15, -0.1) is 0 Å². The minimum atomic E-state index is -0.552. The van der Waals surface area contributed by atoms with E-state index < -0.39 is 6.04 Å². The summed E-state index contributed by atoms with van der Waals surface area (Å²) < 4.78 is 17.4. The number of amides is 3. The lowest BCUT2D eigenvalue weighted by atomic mass is 9.86. The van der Waals surface area contributed by atoms with Gasteiger partial charge in [0.05, 0.1) is 0 Å². The molecule has 43 heavy (non-hydrogen) atoms.